The minimum atomic E-state index is 0.553. The van der Waals surface area contributed by atoms with E-state index in [0.29, 0.717) is 22.7 Å². The maximum Gasteiger partial charge on any atom is 0.126 e. The minimum Gasteiger partial charge on any atom is -0.290 e. The van der Waals surface area contributed by atoms with Crippen molar-refractivity contribution >= 4 is 34.5 Å². The molecule has 1 heterocycles. The van der Waals surface area contributed by atoms with Crippen LogP contribution in [0.25, 0.3) is 0 Å². The quantitative estimate of drug-likeness (QED) is 0.455. The Hall–Kier alpha value is -1.43. The number of nitrogens with zero attached hydrogens (tertiary/aromatic N) is 2. The molecule has 6 heteroatoms. The van der Waals surface area contributed by atoms with Crippen molar-refractivity contribution in [3.05, 3.63) is 45.9 Å². The summed E-state index contributed by atoms with van der Waals surface area (Å²) in [5.74, 6) is 1.77. The van der Waals surface area contributed by atoms with Gasteiger partial charge in [-0.25, -0.2) is 9.98 Å². The average molecular weight is 350 g/mol. The number of hydrogen-bond donors (Lipinski definition) is 2. The highest BCUT2D eigenvalue weighted by Gasteiger charge is 2.24. The smallest absolute Gasteiger partial charge is 0.126 e. The Labute approximate surface area is 145 Å². The van der Waals surface area contributed by atoms with E-state index in [4.69, 9.17) is 11.6 Å². The molecule has 0 aliphatic heterocycles. The van der Waals surface area contributed by atoms with Crippen molar-refractivity contribution in [2.24, 2.45) is 10.9 Å². The fourth-order valence-corrected chi connectivity index (χ4v) is 4.05. The first-order chi connectivity index (χ1) is 11.2. The fourth-order valence-electron chi connectivity index (χ4n) is 3.11. The zero-order valence-corrected chi connectivity index (χ0v) is 14.4. The molecule has 0 radical (unpaired) electrons. The molecule has 2 aromatic rings. The van der Waals surface area contributed by atoms with Gasteiger partial charge in [0, 0.05) is 28.9 Å². The lowest BCUT2D eigenvalue weighted by Crippen LogP contribution is -2.24. The van der Waals surface area contributed by atoms with Crippen LogP contribution in [0.15, 0.2) is 40.8 Å². The molecule has 0 unspecified atom stereocenters. The SMILES string of the molecule is ONC(CC1CCC(c2nccs2)CC1)=Nc1ccc(Cl)cc1. The molecule has 1 aliphatic rings. The molecule has 1 fully saturated rings. The first kappa shape index (κ1) is 16.4. The number of amidine groups is 1. The van der Waals surface area contributed by atoms with Crippen molar-refractivity contribution in [3.8, 4) is 0 Å². The predicted octanol–water partition coefficient (Wildman–Crippen LogP) is 5.17. The summed E-state index contributed by atoms with van der Waals surface area (Å²) in [5, 5.41) is 13.4. The summed E-state index contributed by atoms with van der Waals surface area (Å²) in [7, 11) is 0. The molecule has 0 amide bonds. The minimum absolute atomic E-state index is 0.553. The number of halogens is 1. The summed E-state index contributed by atoms with van der Waals surface area (Å²) in [4.78, 5) is 8.90. The van der Waals surface area contributed by atoms with Crippen LogP contribution in [0.1, 0.15) is 43.0 Å². The molecular formula is C17H20ClN3OS. The third-order valence-electron chi connectivity index (χ3n) is 4.35. The standard InChI is InChI=1S/C17H20ClN3OS/c18-14-5-7-15(8-6-14)20-16(21-22)11-12-1-3-13(4-2-12)17-19-9-10-23-17/h5-10,12-13,22H,1-4,11H2,(H,20,21). The van der Waals surface area contributed by atoms with E-state index < -0.39 is 0 Å². The fraction of sp³-hybridized carbons (Fsp3) is 0.412. The normalized spacial score (nSPS) is 22.1. The van der Waals surface area contributed by atoms with E-state index in [1.165, 1.54) is 5.01 Å². The molecule has 4 nitrogen and oxygen atoms in total. The molecule has 0 bridgehead atoms. The van der Waals surface area contributed by atoms with Gasteiger partial charge >= 0.3 is 0 Å². The average Bonchev–Trinajstić information content (AvgIpc) is 3.11. The van der Waals surface area contributed by atoms with Gasteiger partial charge in [-0.2, -0.15) is 0 Å². The van der Waals surface area contributed by atoms with E-state index in [2.05, 4.69) is 15.5 Å². The van der Waals surface area contributed by atoms with Gasteiger partial charge in [-0.1, -0.05) is 11.6 Å². The molecule has 0 saturated heterocycles. The van der Waals surface area contributed by atoms with Crippen LogP contribution < -0.4 is 5.48 Å². The van der Waals surface area contributed by atoms with Gasteiger partial charge in [0.05, 0.1) is 10.7 Å². The third kappa shape index (κ3) is 4.53. The maximum absolute atomic E-state index is 9.36. The van der Waals surface area contributed by atoms with Crippen molar-refractivity contribution < 1.29 is 5.21 Å². The predicted molar refractivity (Wildman–Crippen MR) is 94.9 cm³/mol. The molecule has 2 N–H and O–H groups in total. The third-order valence-corrected chi connectivity index (χ3v) is 5.54. The number of aromatic nitrogens is 1. The molecule has 0 spiro atoms. The maximum atomic E-state index is 9.36. The highest BCUT2D eigenvalue weighted by atomic mass is 35.5. The second kappa shape index (κ2) is 7.90. The van der Waals surface area contributed by atoms with Gasteiger partial charge in [0.2, 0.25) is 0 Å². The lowest BCUT2D eigenvalue weighted by molar-refractivity contribution is 0.226. The molecule has 23 heavy (non-hydrogen) atoms. The molecule has 0 atom stereocenters. The second-order valence-electron chi connectivity index (χ2n) is 5.94. The van der Waals surface area contributed by atoms with Crippen LogP contribution in [0.4, 0.5) is 5.69 Å². The van der Waals surface area contributed by atoms with Crippen molar-refractivity contribution in [2.75, 3.05) is 0 Å². The first-order valence-corrected chi connectivity index (χ1v) is 9.13. The lowest BCUT2D eigenvalue weighted by atomic mass is 9.80. The van der Waals surface area contributed by atoms with E-state index in [9.17, 15) is 5.21 Å². The molecule has 1 saturated carbocycles. The summed E-state index contributed by atoms with van der Waals surface area (Å²) >= 11 is 7.63. The molecule has 1 aliphatic carbocycles. The van der Waals surface area contributed by atoms with Crippen molar-refractivity contribution in [3.63, 3.8) is 0 Å². The van der Waals surface area contributed by atoms with Gasteiger partial charge in [-0.05, 0) is 55.9 Å². The van der Waals surface area contributed by atoms with E-state index in [1.807, 2.05) is 23.7 Å². The Kier molecular flexibility index (Phi) is 5.65. The Bertz CT molecular complexity index is 634. The zero-order valence-electron chi connectivity index (χ0n) is 12.8. The number of hydrogen-bond acceptors (Lipinski definition) is 4. The Morgan fingerprint density at radius 1 is 1.26 bits per heavy atom. The van der Waals surface area contributed by atoms with E-state index in [1.54, 1.807) is 23.5 Å². The molecule has 3 rings (SSSR count). The van der Waals surface area contributed by atoms with E-state index in [-0.39, 0.29) is 0 Å². The van der Waals surface area contributed by atoms with Crippen molar-refractivity contribution in [1.82, 2.24) is 10.5 Å². The summed E-state index contributed by atoms with van der Waals surface area (Å²) in [6.45, 7) is 0. The van der Waals surface area contributed by atoms with Gasteiger partial charge in [0.1, 0.15) is 5.84 Å². The Balaban J connectivity index is 1.57. The van der Waals surface area contributed by atoms with Crippen LogP contribution in [0.3, 0.4) is 0 Å². The Morgan fingerprint density at radius 3 is 2.61 bits per heavy atom. The first-order valence-electron chi connectivity index (χ1n) is 7.87. The van der Waals surface area contributed by atoms with Crippen LogP contribution in [-0.4, -0.2) is 16.0 Å². The van der Waals surface area contributed by atoms with Crippen LogP contribution in [-0.2, 0) is 0 Å². The van der Waals surface area contributed by atoms with Gasteiger partial charge in [0.25, 0.3) is 0 Å². The number of hydroxylamine groups is 1. The van der Waals surface area contributed by atoms with Crippen LogP contribution >= 0.6 is 22.9 Å². The molecular weight excluding hydrogens is 330 g/mol. The van der Waals surface area contributed by atoms with Gasteiger partial charge in [-0.15, -0.1) is 11.3 Å². The van der Waals surface area contributed by atoms with Gasteiger partial charge < -0.3 is 0 Å². The highest BCUT2D eigenvalue weighted by Crippen LogP contribution is 2.37. The second-order valence-corrected chi connectivity index (χ2v) is 7.30. The summed E-state index contributed by atoms with van der Waals surface area (Å²) < 4.78 is 0. The van der Waals surface area contributed by atoms with Gasteiger partial charge in [-0.3, -0.25) is 10.7 Å². The molecule has 122 valence electrons. The van der Waals surface area contributed by atoms with Gasteiger partial charge in [0.15, 0.2) is 0 Å². The number of thiazole rings is 1. The highest BCUT2D eigenvalue weighted by molar-refractivity contribution is 7.09. The van der Waals surface area contributed by atoms with Crippen LogP contribution in [0.2, 0.25) is 5.02 Å². The number of nitrogens with one attached hydrogen (secondary N) is 1. The van der Waals surface area contributed by atoms with Crippen LogP contribution in [0, 0.1) is 5.92 Å². The Morgan fingerprint density at radius 2 is 2.00 bits per heavy atom. The van der Waals surface area contributed by atoms with E-state index >= 15 is 0 Å². The van der Waals surface area contributed by atoms with Crippen LogP contribution in [0.5, 0.6) is 0 Å². The molecule has 1 aromatic carbocycles. The summed E-state index contributed by atoms with van der Waals surface area (Å²) in [6, 6.07) is 7.29. The molecule has 1 aromatic heterocycles. The monoisotopic (exact) mass is 349 g/mol. The number of rotatable bonds is 4. The van der Waals surface area contributed by atoms with Crippen molar-refractivity contribution in [2.45, 2.75) is 38.0 Å². The summed E-state index contributed by atoms with van der Waals surface area (Å²) in [5.41, 5.74) is 3.05. The lowest BCUT2D eigenvalue weighted by Gasteiger charge is -2.27. The number of benzene rings is 1. The zero-order chi connectivity index (χ0) is 16.1. The topological polar surface area (TPSA) is 57.5 Å². The largest absolute Gasteiger partial charge is 0.290 e. The van der Waals surface area contributed by atoms with E-state index in [0.717, 1.165) is 37.8 Å². The van der Waals surface area contributed by atoms with Crippen molar-refractivity contribution in [1.29, 1.82) is 0 Å². The summed E-state index contributed by atoms with van der Waals surface area (Å²) in [6.07, 6.45) is 7.27. The number of aliphatic imine (C=N–C) groups is 1.